The van der Waals surface area contributed by atoms with E-state index in [4.69, 9.17) is 4.52 Å². The van der Waals surface area contributed by atoms with Gasteiger partial charge in [0.05, 0.1) is 6.54 Å². The van der Waals surface area contributed by atoms with Crippen LogP contribution in [-0.4, -0.2) is 16.7 Å². The first-order chi connectivity index (χ1) is 9.31. The average molecular weight is 294 g/mol. The van der Waals surface area contributed by atoms with E-state index >= 15 is 0 Å². The highest BCUT2D eigenvalue weighted by Gasteiger charge is 2.20. The molecule has 1 aromatic carbocycles. The minimum atomic E-state index is 0. The van der Waals surface area contributed by atoms with Gasteiger partial charge in [0.25, 0.3) is 0 Å². The first-order valence-electron chi connectivity index (χ1n) is 6.88. The third-order valence-corrected chi connectivity index (χ3v) is 3.53. The van der Waals surface area contributed by atoms with Gasteiger partial charge in [-0.2, -0.15) is 4.98 Å². The third kappa shape index (κ3) is 4.05. The fourth-order valence-electron chi connectivity index (χ4n) is 2.12. The van der Waals surface area contributed by atoms with Crippen molar-refractivity contribution in [3.63, 3.8) is 0 Å². The molecule has 1 aliphatic rings. The molecule has 20 heavy (non-hydrogen) atoms. The molecule has 0 bridgehead atoms. The quantitative estimate of drug-likeness (QED) is 0.890. The van der Waals surface area contributed by atoms with Gasteiger partial charge in [-0.3, -0.25) is 0 Å². The lowest BCUT2D eigenvalue weighted by Gasteiger charge is -2.00. The number of halogens is 1. The smallest absolute Gasteiger partial charge is 0.240 e. The zero-order valence-electron chi connectivity index (χ0n) is 11.6. The normalized spacial score (nSPS) is 14.1. The molecule has 1 N–H and O–H groups in total. The molecule has 1 fully saturated rings. The summed E-state index contributed by atoms with van der Waals surface area (Å²) < 4.78 is 5.26. The number of aromatic nitrogens is 2. The summed E-state index contributed by atoms with van der Waals surface area (Å²) >= 11 is 0. The Bertz CT molecular complexity index is 552. The summed E-state index contributed by atoms with van der Waals surface area (Å²) in [5, 5.41) is 7.40. The molecule has 3 rings (SSSR count). The summed E-state index contributed by atoms with van der Waals surface area (Å²) in [5.41, 5.74) is 2.52. The van der Waals surface area contributed by atoms with Gasteiger partial charge in [-0.05, 0) is 43.4 Å². The Labute approximate surface area is 125 Å². The highest BCUT2D eigenvalue weighted by molar-refractivity contribution is 5.85. The first-order valence-corrected chi connectivity index (χ1v) is 6.88. The molecule has 1 saturated carbocycles. The Morgan fingerprint density at radius 3 is 2.85 bits per heavy atom. The Hall–Kier alpha value is -1.39. The van der Waals surface area contributed by atoms with Gasteiger partial charge >= 0.3 is 0 Å². The second-order valence-electron chi connectivity index (χ2n) is 5.28. The predicted molar refractivity (Wildman–Crippen MR) is 80.0 cm³/mol. The van der Waals surface area contributed by atoms with Crippen LogP contribution in [0.1, 0.15) is 35.7 Å². The number of nitrogens with zero attached hydrogens (tertiary/aromatic N) is 2. The predicted octanol–water partition coefficient (Wildman–Crippen LogP) is 2.89. The van der Waals surface area contributed by atoms with Crippen molar-refractivity contribution in [2.45, 2.75) is 32.7 Å². The van der Waals surface area contributed by atoms with Crippen molar-refractivity contribution < 1.29 is 4.52 Å². The molecule has 2 aromatic rings. The molecule has 108 valence electrons. The van der Waals surface area contributed by atoms with Crippen LogP contribution in [0.2, 0.25) is 0 Å². The van der Waals surface area contributed by atoms with Crippen molar-refractivity contribution in [1.82, 2.24) is 15.5 Å². The molecule has 0 spiro atoms. The molecule has 1 aromatic heterocycles. The van der Waals surface area contributed by atoms with Crippen LogP contribution in [0.15, 0.2) is 28.8 Å². The highest BCUT2D eigenvalue weighted by Crippen LogP contribution is 2.27. The van der Waals surface area contributed by atoms with Crippen LogP contribution in [0.4, 0.5) is 0 Å². The maximum Gasteiger partial charge on any atom is 0.240 e. The molecule has 0 aliphatic heterocycles. The van der Waals surface area contributed by atoms with E-state index in [1.165, 1.54) is 24.0 Å². The molecule has 1 heterocycles. The topological polar surface area (TPSA) is 51.0 Å². The van der Waals surface area contributed by atoms with Gasteiger partial charge in [0, 0.05) is 6.42 Å². The van der Waals surface area contributed by atoms with Crippen LogP contribution in [0.5, 0.6) is 0 Å². The second kappa shape index (κ2) is 6.86. The molecule has 0 unspecified atom stereocenters. The third-order valence-electron chi connectivity index (χ3n) is 3.53. The minimum absolute atomic E-state index is 0. The van der Waals surface area contributed by atoms with E-state index in [0.29, 0.717) is 12.4 Å². The van der Waals surface area contributed by atoms with Gasteiger partial charge in [0.2, 0.25) is 5.89 Å². The van der Waals surface area contributed by atoms with Crippen molar-refractivity contribution in [3.8, 4) is 0 Å². The van der Waals surface area contributed by atoms with Crippen molar-refractivity contribution in [1.29, 1.82) is 0 Å². The summed E-state index contributed by atoms with van der Waals surface area (Å²) in [5.74, 6) is 2.32. The summed E-state index contributed by atoms with van der Waals surface area (Å²) in [6, 6.07) is 8.30. The first kappa shape index (κ1) is 15.0. The monoisotopic (exact) mass is 293 g/mol. The van der Waals surface area contributed by atoms with E-state index in [0.717, 1.165) is 24.7 Å². The van der Waals surface area contributed by atoms with Crippen LogP contribution in [0.25, 0.3) is 0 Å². The van der Waals surface area contributed by atoms with Gasteiger partial charge in [-0.15, -0.1) is 12.4 Å². The number of hydrogen-bond acceptors (Lipinski definition) is 4. The standard InChI is InChI=1S/C15H19N3O.ClH/c1-11-4-2-3-5-13(11)8-14-17-15(19-18-14)10-16-9-12-6-7-12;/h2-5,12,16H,6-10H2,1H3;1H. The number of aryl methyl sites for hydroxylation is 1. The molecular formula is C15H20ClN3O. The summed E-state index contributed by atoms with van der Waals surface area (Å²) in [7, 11) is 0. The van der Waals surface area contributed by atoms with Gasteiger partial charge in [-0.25, -0.2) is 0 Å². The molecular weight excluding hydrogens is 274 g/mol. The van der Waals surface area contributed by atoms with Crippen molar-refractivity contribution in [2.75, 3.05) is 6.54 Å². The van der Waals surface area contributed by atoms with Gasteiger partial charge < -0.3 is 9.84 Å². The summed E-state index contributed by atoms with van der Waals surface area (Å²) in [6.45, 7) is 3.85. The minimum Gasteiger partial charge on any atom is -0.338 e. The van der Waals surface area contributed by atoms with E-state index in [-0.39, 0.29) is 12.4 Å². The van der Waals surface area contributed by atoms with E-state index in [1.54, 1.807) is 0 Å². The lowest BCUT2D eigenvalue weighted by atomic mass is 10.1. The lowest BCUT2D eigenvalue weighted by Crippen LogP contribution is -2.16. The highest BCUT2D eigenvalue weighted by atomic mass is 35.5. The Balaban J connectivity index is 0.00000147. The second-order valence-corrected chi connectivity index (χ2v) is 5.28. The molecule has 0 amide bonds. The molecule has 0 saturated heterocycles. The fourth-order valence-corrected chi connectivity index (χ4v) is 2.12. The zero-order valence-corrected chi connectivity index (χ0v) is 12.4. The van der Waals surface area contributed by atoms with Crippen LogP contribution >= 0.6 is 12.4 Å². The average Bonchev–Trinajstić information content (AvgIpc) is 3.12. The summed E-state index contributed by atoms with van der Waals surface area (Å²) in [6.07, 6.45) is 3.45. The lowest BCUT2D eigenvalue weighted by molar-refractivity contribution is 0.362. The maximum absolute atomic E-state index is 5.26. The van der Waals surface area contributed by atoms with E-state index in [2.05, 4.69) is 34.5 Å². The molecule has 0 atom stereocenters. The Morgan fingerprint density at radius 1 is 1.30 bits per heavy atom. The fraction of sp³-hybridized carbons (Fsp3) is 0.467. The van der Waals surface area contributed by atoms with Crippen molar-refractivity contribution >= 4 is 12.4 Å². The molecule has 1 aliphatic carbocycles. The largest absolute Gasteiger partial charge is 0.338 e. The van der Waals surface area contributed by atoms with Crippen LogP contribution in [0, 0.1) is 12.8 Å². The number of benzene rings is 1. The number of rotatable bonds is 6. The zero-order chi connectivity index (χ0) is 13.1. The van der Waals surface area contributed by atoms with Gasteiger partial charge in [-0.1, -0.05) is 29.4 Å². The molecule has 0 radical (unpaired) electrons. The van der Waals surface area contributed by atoms with Crippen LogP contribution < -0.4 is 5.32 Å². The van der Waals surface area contributed by atoms with Crippen LogP contribution in [0.3, 0.4) is 0 Å². The maximum atomic E-state index is 5.26. The number of nitrogens with one attached hydrogen (secondary N) is 1. The van der Waals surface area contributed by atoms with E-state index in [1.807, 2.05) is 12.1 Å². The van der Waals surface area contributed by atoms with E-state index < -0.39 is 0 Å². The summed E-state index contributed by atoms with van der Waals surface area (Å²) in [4.78, 5) is 4.42. The SMILES string of the molecule is Cc1ccccc1Cc1noc(CNCC2CC2)n1.Cl. The van der Waals surface area contributed by atoms with Crippen LogP contribution in [-0.2, 0) is 13.0 Å². The molecule has 5 heteroatoms. The number of hydrogen-bond donors (Lipinski definition) is 1. The van der Waals surface area contributed by atoms with Gasteiger partial charge in [0.1, 0.15) is 0 Å². The van der Waals surface area contributed by atoms with E-state index in [9.17, 15) is 0 Å². The van der Waals surface area contributed by atoms with Gasteiger partial charge in [0.15, 0.2) is 5.82 Å². The Morgan fingerprint density at radius 2 is 2.10 bits per heavy atom. The molecule has 4 nitrogen and oxygen atoms in total. The van der Waals surface area contributed by atoms with Crippen molar-refractivity contribution in [2.24, 2.45) is 5.92 Å². The van der Waals surface area contributed by atoms with Crippen molar-refractivity contribution in [3.05, 3.63) is 47.1 Å². The Kier molecular flexibility index (Phi) is 5.15.